The number of carboxylic acids is 1. The Morgan fingerprint density at radius 1 is 1.41 bits per heavy atom. The van der Waals surface area contributed by atoms with Crippen molar-refractivity contribution < 1.29 is 18.3 Å². The number of rotatable bonds is 4. The van der Waals surface area contributed by atoms with Gasteiger partial charge in [0.25, 0.3) is 0 Å². The molecule has 3 fully saturated rings. The molecule has 3 aliphatic rings. The van der Waals surface area contributed by atoms with E-state index in [0.29, 0.717) is 12.3 Å². The summed E-state index contributed by atoms with van der Waals surface area (Å²) in [6, 6.07) is 0. The van der Waals surface area contributed by atoms with Crippen molar-refractivity contribution in [3.63, 3.8) is 0 Å². The van der Waals surface area contributed by atoms with Crippen LogP contribution in [0.15, 0.2) is 0 Å². The molecule has 0 aromatic carbocycles. The van der Waals surface area contributed by atoms with E-state index in [1.807, 2.05) is 6.92 Å². The lowest BCUT2D eigenvalue weighted by molar-refractivity contribution is -0.143. The van der Waals surface area contributed by atoms with E-state index in [9.17, 15) is 13.2 Å². The number of sulfone groups is 1. The molecule has 0 spiro atoms. The van der Waals surface area contributed by atoms with E-state index >= 15 is 0 Å². The van der Waals surface area contributed by atoms with E-state index in [1.54, 1.807) is 0 Å². The molecular weight excluding hydrogens is 240 g/mol. The van der Waals surface area contributed by atoms with Gasteiger partial charge in [-0.05, 0) is 42.9 Å². The molecular formula is C12H18O4S. The van der Waals surface area contributed by atoms with Crippen LogP contribution in [0, 0.1) is 23.2 Å². The minimum Gasteiger partial charge on any atom is -0.481 e. The zero-order valence-corrected chi connectivity index (χ0v) is 10.7. The molecule has 0 amide bonds. The second-order valence-electron chi connectivity index (χ2n) is 6.23. The van der Waals surface area contributed by atoms with Crippen LogP contribution >= 0.6 is 0 Å². The maximum atomic E-state index is 11.9. The van der Waals surface area contributed by atoms with Crippen molar-refractivity contribution >= 4 is 15.8 Å². The van der Waals surface area contributed by atoms with Crippen molar-refractivity contribution in [3.8, 4) is 0 Å². The number of aliphatic carboxylic acids is 1. The van der Waals surface area contributed by atoms with E-state index in [4.69, 9.17) is 5.11 Å². The molecule has 3 rings (SSSR count). The highest BCUT2D eigenvalue weighted by atomic mass is 32.2. The van der Waals surface area contributed by atoms with Crippen LogP contribution in [0.25, 0.3) is 0 Å². The van der Waals surface area contributed by atoms with Crippen LogP contribution in [0.3, 0.4) is 0 Å². The normalized spacial score (nSPS) is 44.4. The molecule has 0 unspecified atom stereocenters. The fraction of sp³-hybridized carbons (Fsp3) is 0.917. The Hall–Kier alpha value is -0.580. The maximum absolute atomic E-state index is 11.9. The van der Waals surface area contributed by atoms with Gasteiger partial charge in [-0.25, -0.2) is 8.42 Å². The topological polar surface area (TPSA) is 71.4 Å². The Morgan fingerprint density at radius 2 is 2.06 bits per heavy atom. The molecule has 0 heterocycles. The standard InChI is InChI=1S/C12H18O4S/c1-12-5-10(12)7(4-9(12)11(13)14)6-17(15,16)8-2-3-8/h7-10H,2-6H2,1H3,(H,13,14)/t7-,9+,10+,12-/m0/s1. The van der Waals surface area contributed by atoms with Gasteiger partial charge >= 0.3 is 5.97 Å². The quantitative estimate of drug-likeness (QED) is 0.825. The summed E-state index contributed by atoms with van der Waals surface area (Å²) in [6.45, 7) is 2.00. The van der Waals surface area contributed by atoms with Crippen molar-refractivity contribution in [3.05, 3.63) is 0 Å². The summed E-state index contributed by atoms with van der Waals surface area (Å²) in [6.07, 6.45) is 3.07. The van der Waals surface area contributed by atoms with Crippen LogP contribution < -0.4 is 0 Å². The second-order valence-corrected chi connectivity index (χ2v) is 8.56. The molecule has 0 aromatic rings. The Balaban J connectivity index is 1.73. The Bertz CT molecular complexity index is 465. The lowest BCUT2D eigenvalue weighted by atomic mass is 9.92. The predicted octanol–water partition coefficient (Wildman–Crippen LogP) is 1.31. The van der Waals surface area contributed by atoms with Gasteiger partial charge in [0.2, 0.25) is 0 Å². The van der Waals surface area contributed by atoms with Crippen LogP contribution in [0.2, 0.25) is 0 Å². The third-order valence-corrected chi connectivity index (χ3v) is 7.41. The van der Waals surface area contributed by atoms with Crippen molar-refractivity contribution in [1.82, 2.24) is 0 Å². The van der Waals surface area contributed by atoms with Crippen molar-refractivity contribution in [1.29, 1.82) is 0 Å². The highest BCUT2D eigenvalue weighted by Gasteiger charge is 2.66. The summed E-state index contributed by atoms with van der Waals surface area (Å²) in [5.41, 5.74) is -0.116. The summed E-state index contributed by atoms with van der Waals surface area (Å²) in [5, 5.41) is 9.05. The molecule has 0 bridgehead atoms. The fourth-order valence-corrected chi connectivity index (χ4v) is 5.78. The molecule has 3 saturated carbocycles. The van der Waals surface area contributed by atoms with Crippen molar-refractivity contribution in [2.45, 2.75) is 37.9 Å². The van der Waals surface area contributed by atoms with Crippen molar-refractivity contribution in [2.24, 2.45) is 23.2 Å². The summed E-state index contributed by atoms with van der Waals surface area (Å²) in [4.78, 5) is 11.2. The molecule has 0 aliphatic heterocycles. The van der Waals surface area contributed by atoms with Gasteiger partial charge in [0.05, 0.1) is 16.9 Å². The first-order valence-corrected chi connectivity index (χ1v) is 8.00. The lowest BCUT2D eigenvalue weighted by Gasteiger charge is -2.15. The Kier molecular flexibility index (Phi) is 2.20. The summed E-state index contributed by atoms with van der Waals surface area (Å²) >= 11 is 0. The largest absolute Gasteiger partial charge is 0.481 e. The summed E-state index contributed by atoms with van der Waals surface area (Å²) in [7, 11) is -2.95. The van der Waals surface area contributed by atoms with Gasteiger partial charge in [-0.1, -0.05) is 6.92 Å². The zero-order valence-electron chi connectivity index (χ0n) is 9.93. The van der Waals surface area contributed by atoms with Crippen LogP contribution in [-0.2, 0) is 14.6 Å². The molecule has 1 N–H and O–H groups in total. The van der Waals surface area contributed by atoms with E-state index < -0.39 is 15.8 Å². The molecule has 96 valence electrons. The van der Waals surface area contributed by atoms with Gasteiger partial charge in [0, 0.05) is 0 Å². The van der Waals surface area contributed by atoms with Gasteiger partial charge in [0.1, 0.15) is 0 Å². The Labute approximate surface area is 101 Å². The molecule has 5 heteroatoms. The van der Waals surface area contributed by atoms with Crippen LogP contribution in [0.5, 0.6) is 0 Å². The lowest BCUT2D eigenvalue weighted by Crippen LogP contribution is -2.23. The first-order valence-electron chi connectivity index (χ1n) is 6.29. The van der Waals surface area contributed by atoms with Gasteiger partial charge in [-0.15, -0.1) is 0 Å². The highest BCUT2D eigenvalue weighted by molar-refractivity contribution is 7.92. The molecule has 0 saturated heterocycles. The average Bonchev–Trinajstić information content (AvgIpc) is 3.06. The minimum atomic E-state index is -2.95. The minimum absolute atomic E-state index is 0.0895. The Morgan fingerprint density at radius 3 is 2.53 bits per heavy atom. The van der Waals surface area contributed by atoms with Gasteiger partial charge in [-0.3, -0.25) is 4.79 Å². The zero-order chi connectivity index (χ0) is 12.4. The smallest absolute Gasteiger partial charge is 0.307 e. The SMILES string of the molecule is C[C@@]12C[C@@H]1[C@H](CS(=O)(=O)C1CC1)C[C@@H]2C(=O)O. The molecule has 3 aliphatic carbocycles. The molecule has 17 heavy (non-hydrogen) atoms. The fourth-order valence-electron chi connectivity index (χ4n) is 3.69. The first kappa shape index (κ1) is 11.5. The van der Waals surface area contributed by atoms with Crippen molar-refractivity contribution in [2.75, 3.05) is 5.75 Å². The molecule has 4 nitrogen and oxygen atoms in total. The van der Waals surface area contributed by atoms with E-state index in [1.165, 1.54) is 0 Å². The first-order chi connectivity index (χ1) is 7.84. The summed E-state index contributed by atoms with van der Waals surface area (Å²) in [5.74, 6) is -0.432. The molecule has 0 aromatic heterocycles. The monoisotopic (exact) mass is 258 g/mol. The second kappa shape index (κ2) is 3.25. The van der Waals surface area contributed by atoms with E-state index in [2.05, 4.69) is 0 Å². The van der Waals surface area contributed by atoms with E-state index in [-0.39, 0.29) is 28.3 Å². The summed E-state index contributed by atoms with van der Waals surface area (Å²) < 4.78 is 23.9. The van der Waals surface area contributed by atoms with Crippen LogP contribution in [-0.4, -0.2) is 30.5 Å². The highest BCUT2D eigenvalue weighted by Crippen LogP contribution is 2.69. The van der Waals surface area contributed by atoms with Gasteiger partial charge in [-0.2, -0.15) is 0 Å². The third-order valence-electron chi connectivity index (χ3n) is 5.03. The molecule has 0 radical (unpaired) electrons. The van der Waals surface area contributed by atoms with Gasteiger partial charge in [0.15, 0.2) is 9.84 Å². The van der Waals surface area contributed by atoms with Crippen LogP contribution in [0.1, 0.15) is 32.6 Å². The number of carboxylic acid groups (broad SMARTS) is 1. The van der Waals surface area contributed by atoms with Gasteiger partial charge < -0.3 is 5.11 Å². The number of hydrogen-bond acceptors (Lipinski definition) is 3. The number of carbonyl (C=O) groups is 1. The van der Waals surface area contributed by atoms with E-state index in [0.717, 1.165) is 19.3 Å². The molecule has 4 atom stereocenters. The average molecular weight is 258 g/mol. The number of fused-ring (bicyclic) bond motifs is 1. The maximum Gasteiger partial charge on any atom is 0.307 e. The predicted molar refractivity (Wildman–Crippen MR) is 62.3 cm³/mol. The third kappa shape index (κ3) is 1.70. The van der Waals surface area contributed by atoms with Crippen LogP contribution in [0.4, 0.5) is 0 Å². The number of hydrogen-bond donors (Lipinski definition) is 1.